The highest BCUT2D eigenvalue weighted by Gasteiger charge is 2.27. The highest BCUT2D eigenvalue weighted by molar-refractivity contribution is 7.91. The second kappa shape index (κ2) is 7.46. The van der Waals surface area contributed by atoms with Gasteiger partial charge in [-0.2, -0.15) is 5.10 Å². The van der Waals surface area contributed by atoms with E-state index in [9.17, 15) is 18.0 Å². The minimum Gasteiger partial charge on any atom is -0.482 e. The highest BCUT2D eigenvalue weighted by atomic mass is 35.5. The Balaban J connectivity index is 2.55. The molecule has 0 aliphatic heterocycles. The van der Waals surface area contributed by atoms with Gasteiger partial charge in [-0.1, -0.05) is 25.4 Å². The number of hydrogen-bond acceptors (Lipinski definition) is 6. The molecule has 0 saturated carbocycles. The van der Waals surface area contributed by atoms with Gasteiger partial charge in [0.05, 0.1) is 9.92 Å². The van der Waals surface area contributed by atoms with Crippen molar-refractivity contribution in [2.24, 2.45) is 0 Å². The Labute approximate surface area is 154 Å². The van der Waals surface area contributed by atoms with Gasteiger partial charge in [-0.15, -0.1) is 0 Å². The first-order valence-corrected chi connectivity index (χ1v) is 9.39. The van der Waals surface area contributed by atoms with Crippen LogP contribution in [0.25, 0.3) is 0 Å². The fourth-order valence-corrected chi connectivity index (χ4v) is 4.36. The molecule has 2 aromatic rings. The van der Waals surface area contributed by atoms with Crippen molar-refractivity contribution in [3.8, 4) is 5.75 Å². The first-order chi connectivity index (χ1) is 12.0. The molecule has 26 heavy (non-hydrogen) atoms. The smallest absolute Gasteiger partial charge is 0.341 e. The fourth-order valence-electron chi connectivity index (χ4n) is 2.34. The number of nitrogens with one attached hydrogen (secondary N) is 1. The molecule has 1 aromatic heterocycles. The summed E-state index contributed by atoms with van der Waals surface area (Å²) < 4.78 is 30.9. The predicted octanol–water partition coefficient (Wildman–Crippen LogP) is 2.15. The number of benzene rings is 1. The number of carboxylic acids is 1. The van der Waals surface area contributed by atoms with Crippen LogP contribution in [0.4, 0.5) is 0 Å². The molecular weight excluding hydrogens is 384 g/mol. The summed E-state index contributed by atoms with van der Waals surface area (Å²) in [7, 11) is -4.11. The van der Waals surface area contributed by atoms with Gasteiger partial charge in [-0.3, -0.25) is 4.79 Å². The van der Waals surface area contributed by atoms with Crippen molar-refractivity contribution in [3.05, 3.63) is 44.7 Å². The lowest BCUT2D eigenvalue weighted by molar-refractivity contribution is -0.139. The quantitative estimate of drug-likeness (QED) is 0.760. The molecule has 2 rings (SSSR count). The normalized spacial score (nSPS) is 11.6. The number of carbonyl (C=O) groups is 1. The summed E-state index contributed by atoms with van der Waals surface area (Å²) in [4.78, 5) is 22.2. The topological polar surface area (TPSA) is 126 Å². The van der Waals surface area contributed by atoms with Crippen LogP contribution in [-0.4, -0.2) is 36.3 Å². The Morgan fingerprint density at radius 2 is 2.00 bits per heavy atom. The number of nitrogens with zero attached hydrogens (tertiary/aromatic N) is 1. The van der Waals surface area contributed by atoms with Gasteiger partial charge in [0.2, 0.25) is 9.84 Å². The molecule has 2 N–H and O–H groups in total. The second-order valence-electron chi connectivity index (χ2n) is 5.88. The van der Waals surface area contributed by atoms with Gasteiger partial charge in [-0.05, 0) is 30.5 Å². The van der Waals surface area contributed by atoms with E-state index in [0.29, 0.717) is 0 Å². The van der Waals surface area contributed by atoms with Crippen LogP contribution in [0, 0.1) is 6.92 Å². The predicted molar refractivity (Wildman–Crippen MR) is 93.7 cm³/mol. The third-order valence-corrected chi connectivity index (χ3v) is 5.79. The van der Waals surface area contributed by atoms with E-state index < -0.39 is 28.0 Å². The van der Waals surface area contributed by atoms with E-state index in [1.54, 1.807) is 13.8 Å². The van der Waals surface area contributed by atoms with Crippen LogP contribution in [0.1, 0.15) is 30.9 Å². The van der Waals surface area contributed by atoms with Crippen LogP contribution in [0.2, 0.25) is 5.02 Å². The van der Waals surface area contributed by atoms with Crippen molar-refractivity contribution in [2.75, 3.05) is 6.61 Å². The molecule has 0 radical (unpaired) electrons. The fraction of sp³-hybridized carbons (Fsp3) is 0.312. The third kappa shape index (κ3) is 4.05. The van der Waals surface area contributed by atoms with E-state index in [1.807, 2.05) is 0 Å². The summed E-state index contributed by atoms with van der Waals surface area (Å²) in [5.41, 5.74) is 0.0879. The molecule has 0 amide bonds. The number of hydrogen-bond donors (Lipinski definition) is 2. The molecule has 0 unspecified atom stereocenters. The number of aryl methyl sites for hydroxylation is 1. The summed E-state index contributed by atoms with van der Waals surface area (Å²) in [6, 6.07) is 3.82. The molecule has 1 heterocycles. The minimum absolute atomic E-state index is 0.131. The van der Waals surface area contributed by atoms with Gasteiger partial charge < -0.3 is 9.84 Å². The maximum absolute atomic E-state index is 12.9. The number of aromatic amines is 1. The highest BCUT2D eigenvalue weighted by Crippen LogP contribution is 2.33. The van der Waals surface area contributed by atoms with Crippen molar-refractivity contribution < 1.29 is 23.1 Å². The summed E-state index contributed by atoms with van der Waals surface area (Å²) in [6.07, 6.45) is 0. The van der Waals surface area contributed by atoms with E-state index >= 15 is 0 Å². The number of sulfone groups is 1. The lowest BCUT2D eigenvalue weighted by atomic mass is 10.1. The van der Waals surface area contributed by atoms with Crippen molar-refractivity contribution >= 4 is 27.4 Å². The minimum atomic E-state index is -4.11. The molecule has 0 spiro atoms. The molecule has 140 valence electrons. The Morgan fingerprint density at radius 1 is 1.35 bits per heavy atom. The van der Waals surface area contributed by atoms with E-state index in [2.05, 4.69) is 10.2 Å². The zero-order valence-electron chi connectivity index (χ0n) is 14.2. The van der Waals surface area contributed by atoms with Crippen molar-refractivity contribution in [1.82, 2.24) is 10.2 Å². The Kier molecular flexibility index (Phi) is 5.72. The molecule has 10 heteroatoms. The van der Waals surface area contributed by atoms with Crippen LogP contribution in [0.15, 0.2) is 32.9 Å². The molecular formula is C16H17ClN2O6S. The summed E-state index contributed by atoms with van der Waals surface area (Å²) in [5, 5.41) is 14.0. The molecule has 1 aromatic carbocycles. The SMILES string of the molecule is Cc1cc(OCC(=O)O)cc(Cl)c1S(=O)(=O)c1cc(C(C)C)c(=O)[nH]n1. The summed E-state index contributed by atoms with van der Waals surface area (Å²) in [6.45, 7) is 4.43. The zero-order valence-corrected chi connectivity index (χ0v) is 15.8. The first kappa shape index (κ1) is 19.9. The van der Waals surface area contributed by atoms with E-state index in [4.69, 9.17) is 21.4 Å². The lowest BCUT2D eigenvalue weighted by Crippen LogP contribution is -2.19. The molecule has 0 atom stereocenters. The van der Waals surface area contributed by atoms with Gasteiger partial charge in [0.15, 0.2) is 11.6 Å². The number of aliphatic carboxylic acids is 1. The van der Waals surface area contributed by atoms with Gasteiger partial charge in [0.25, 0.3) is 5.56 Å². The molecule has 8 nitrogen and oxygen atoms in total. The number of H-pyrrole nitrogens is 1. The van der Waals surface area contributed by atoms with Gasteiger partial charge in [0.1, 0.15) is 5.75 Å². The maximum Gasteiger partial charge on any atom is 0.341 e. The Bertz CT molecular complexity index is 991. The Hall–Kier alpha value is -2.39. The second-order valence-corrected chi connectivity index (χ2v) is 8.12. The van der Waals surface area contributed by atoms with Crippen LogP contribution >= 0.6 is 11.6 Å². The number of rotatable bonds is 6. The van der Waals surface area contributed by atoms with Crippen molar-refractivity contribution in [2.45, 2.75) is 36.6 Å². The number of halogens is 1. The molecule has 0 fully saturated rings. The van der Waals surface area contributed by atoms with Crippen LogP contribution in [0.3, 0.4) is 0 Å². The van der Waals surface area contributed by atoms with E-state index in [-0.39, 0.29) is 37.7 Å². The van der Waals surface area contributed by atoms with E-state index in [1.165, 1.54) is 25.1 Å². The van der Waals surface area contributed by atoms with Crippen LogP contribution in [0.5, 0.6) is 5.75 Å². The molecule has 0 aliphatic carbocycles. The van der Waals surface area contributed by atoms with Crippen LogP contribution in [-0.2, 0) is 14.6 Å². The Morgan fingerprint density at radius 3 is 2.54 bits per heavy atom. The number of ether oxygens (including phenoxy) is 1. The maximum atomic E-state index is 12.9. The third-order valence-electron chi connectivity index (χ3n) is 3.54. The van der Waals surface area contributed by atoms with Gasteiger partial charge in [-0.25, -0.2) is 18.3 Å². The monoisotopic (exact) mass is 400 g/mol. The largest absolute Gasteiger partial charge is 0.482 e. The van der Waals surface area contributed by atoms with Gasteiger partial charge >= 0.3 is 5.97 Å². The molecule has 0 saturated heterocycles. The zero-order chi connectivity index (χ0) is 19.6. The summed E-state index contributed by atoms with van der Waals surface area (Å²) >= 11 is 6.11. The first-order valence-electron chi connectivity index (χ1n) is 7.53. The van der Waals surface area contributed by atoms with Crippen LogP contribution < -0.4 is 10.3 Å². The van der Waals surface area contributed by atoms with E-state index in [0.717, 1.165) is 0 Å². The number of aromatic nitrogens is 2. The molecule has 0 bridgehead atoms. The standard InChI is InChI=1S/C16H17ClN2O6S/c1-8(2)11-6-13(18-19-16(11)22)26(23,24)15-9(3)4-10(5-12(15)17)25-7-14(20)21/h4-6,8H,7H2,1-3H3,(H,19,22)(H,20,21). The van der Waals surface area contributed by atoms with Crippen molar-refractivity contribution in [3.63, 3.8) is 0 Å². The molecule has 0 aliphatic rings. The number of carboxylic acid groups (broad SMARTS) is 1. The summed E-state index contributed by atoms with van der Waals surface area (Å²) in [5.74, 6) is -1.24. The average molecular weight is 401 g/mol. The lowest BCUT2D eigenvalue weighted by Gasteiger charge is -2.13. The van der Waals surface area contributed by atoms with Gasteiger partial charge in [0, 0.05) is 11.6 Å². The average Bonchev–Trinajstić information content (AvgIpc) is 2.51. The van der Waals surface area contributed by atoms with Crippen molar-refractivity contribution in [1.29, 1.82) is 0 Å².